The minimum absolute atomic E-state index is 0.0358. The van der Waals surface area contributed by atoms with Crippen LogP contribution in [-0.2, 0) is 24.2 Å². The van der Waals surface area contributed by atoms with E-state index in [2.05, 4.69) is 40.9 Å². The molecule has 134 valence electrons. The van der Waals surface area contributed by atoms with E-state index in [-0.39, 0.29) is 5.91 Å². The Labute approximate surface area is 149 Å². The lowest BCUT2D eigenvalue weighted by atomic mass is 10.0. The SMILES string of the molecule is Cc1nn(CC2CC2)c(C)c1CC(=O)Nc1cc(CC(C)C)ccn1. The monoisotopic (exact) mass is 340 g/mol. The second-order valence-electron chi connectivity index (χ2n) is 7.65. The number of hydrogen-bond acceptors (Lipinski definition) is 3. The highest BCUT2D eigenvalue weighted by molar-refractivity contribution is 5.91. The van der Waals surface area contributed by atoms with Crippen LogP contribution in [0.3, 0.4) is 0 Å². The van der Waals surface area contributed by atoms with Gasteiger partial charge in [0.05, 0.1) is 12.1 Å². The van der Waals surface area contributed by atoms with Crippen LogP contribution in [0.25, 0.3) is 0 Å². The van der Waals surface area contributed by atoms with Crippen molar-refractivity contribution in [3.05, 3.63) is 40.8 Å². The van der Waals surface area contributed by atoms with Gasteiger partial charge in [-0.2, -0.15) is 5.10 Å². The fourth-order valence-electron chi connectivity index (χ4n) is 3.20. The summed E-state index contributed by atoms with van der Waals surface area (Å²) >= 11 is 0. The molecule has 0 atom stereocenters. The Morgan fingerprint density at radius 3 is 2.80 bits per heavy atom. The average Bonchev–Trinajstić information content (AvgIpc) is 3.30. The summed E-state index contributed by atoms with van der Waals surface area (Å²) in [5.74, 6) is 1.94. The minimum atomic E-state index is -0.0358. The molecule has 1 N–H and O–H groups in total. The highest BCUT2D eigenvalue weighted by atomic mass is 16.1. The van der Waals surface area contributed by atoms with E-state index in [0.717, 1.165) is 35.8 Å². The van der Waals surface area contributed by atoms with Crippen LogP contribution in [0.1, 0.15) is 49.2 Å². The molecule has 0 unspecified atom stereocenters. The maximum atomic E-state index is 12.5. The first kappa shape index (κ1) is 17.6. The highest BCUT2D eigenvalue weighted by Crippen LogP contribution is 2.31. The normalized spacial score (nSPS) is 14.1. The Balaban J connectivity index is 1.65. The minimum Gasteiger partial charge on any atom is -0.310 e. The van der Waals surface area contributed by atoms with Gasteiger partial charge in [-0.1, -0.05) is 13.8 Å². The molecule has 1 fully saturated rings. The van der Waals surface area contributed by atoms with Gasteiger partial charge in [0.15, 0.2) is 0 Å². The summed E-state index contributed by atoms with van der Waals surface area (Å²) in [6, 6.07) is 3.97. The van der Waals surface area contributed by atoms with Gasteiger partial charge in [-0.25, -0.2) is 4.98 Å². The van der Waals surface area contributed by atoms with Gasteiger partial charge in [-0.3, -0.25) is 9.48 Å². The zero-order valence-corrected chi connectivity index (χ0v) is 15.7. The van der Waals surface area contributed by atoms with Gasteiger partial charge in [0.25, 0.3) is 0 Å². The lowest BCUT2D eigenvalue weighted by molar-refractivity contribution is -0.115. The molecule has 5 heteroatoms. The molecular formula is C20H28N4O. The number of hydrogen-bond donors (Lipinski definition) is 1. The molecule has 0 saturated heterocycles. The van der Waals surface area contributed by atoms with Gasteiger partial charge in [-0.05, 0) is 62.6 Å². The molecule has 3 rings (SSSR count). The molecule has 0 aliphatic heterocycles. The quantitative estimate of drug-likeness (QED) is 0.836. The number of carbonyl (C=O) groups is 1. The summed E-state index contributed by atoms with van der Waals surface area (Å²) < 4.78 is 2.07. The fourth-order valence-corrected chi connectivity index (χ4v) is 3.20. The molecule has 0 spiro atoms. The second-order valence-corrected chi connectivity index (χ2v) is 7.65. The highest BCUT2D eigenvalue weighted by Gasteiger charge is 2.24. The van der Waals surface area contributed by atoms with Crippen molar-refractivity contribution in [2.45, 2.75) is 59.9 Å². The lowest BCUT2D eigenvalue weighted by Crippen LogP contribution is -2.16. The lowest BCUT2D eigenvalue weighted by Gasteiger charge is -2.09. The van der Waals surface area contributed by atoms with Gasteiger partial charge in [-0.15, -0.1) is 0 Å². The zero-order valence-electron chi connectivity index (χ0n) is 15.7. The Hall–Kier alpha value is -2.17. The van der Waals surface area contributed by atoms with E-state index in [0.29, 0.717) is 18.2 Å². The third-order valence-electron chi connectivity index (χ3n) is 4.73. The number of nitrogens with zero attached hydrogens (tertiary/aromatic N) is 3. The third kappa shape index (κ3) is 4.68. The number of amides is 1. The van der Waals surface area contributed by atoms with Crippen molar-refractivity contribution in [1.29, 1.82) is 0 Å². The maximum absolute atomic E-state index is 12.5. The summed E-state index contributed by atoms with van der Waals surface area (Å²) in [6.45, 7) is 9.40. The molecule has 2 aromatic heterocycles. The predicted molar refractivity (Wildman–Crippen MR) is 99.5 cm³/mol. The number of carbonyl (C=O) groups excluding carboxylic acids is 1. The van der Waals surface area contributed by atoms with Crippen LogP contribution >= 0.6 is 0 Å². The van der Waals surface area contributed by atoms with Crippen molar-refractivity contribution in [3.63, 3.8) is 0 Å². The van der Waals surface area contributed by atoms with E-state index >= 15 is 0 Å². The van der Waals surface area contributed by atoms with Crippen molar-refractivity contribution in [2.24, 2.45) is 11.8 Å². The summed E-state index contributed by atoms with van der Waals surface area (Å²) in [6.07, 6.45) is 5.69. The van der Waals surface area contributed by atoms with E-state index in [9.17, 15) is 4.79 Å². The number of pyridine rings is 1. The summed E-state index contributed by atoms with van der Waals surface area (Å²) in [4.78, 5) is 16.7. The van der Waals surface area contributed by atoms with Crippen molar-refractivity contribution in [3.8, 4) is 0 Å². The average molecular weight is 340 g/mol. The second kappa shape index (κ2) is 7.38. The third-order valence-corrected chi connectivity index (χ3v) is 4.73. The first-order valence-corrected chi connectivity index (χ1v) is 9.20. The van der Waals surface area contributed by atoms with Crippen LogP contribution in [0.15, 0.2) is 18.3 Å². The van der Waals surface area contributed by atoms with Crippen LogP contribution in [-0.4, -0.2) is 20.7 Å². The molecule has 0 radical (unpaired) electrons. The van der Waals surface area contributed by atoms with Crippen LogP contribution in [0.5, 0.6) is 0 Å². The molecule has 0 bridgehead atoms. The first-order valence-electron chi connectivity index (χ1n) is 9.20. The van der Waals surface area contributed by atoms with E-state index in [4.69, 9.17) is 0 Å². The van der Waals surface area contributed by atoms with Gasteiger partial charge < -0.3 is 5.32 Å². The summed E-state index contributed by atoms with van der Waals surface area (Å²) in [5, 5.41) is 7.55. The van der Waals surface area contributed by atoms with Gasteiger partial charge in [0.2, 0.25) is 5.91 Å². The Morgan fingerprint density at radius 1 is 1.36 bits per heavy atom. The predicted octanol–water partition coefficient (Wildman–Crippen LogP) is 3.68. The van der Waals surface area contributed by atoms with Gasteiger partial charge >= 0.3 is 0 Å². The largest absolute Gasteiger partial charge is 0.310 e. The van der Waals surface area contributed by atoms with Gasteiger partial charge in [0.1, 0.15) is 5.82 Å². The zero-order chi connectivity index (χ0) is 18.0. The van der Waals surface area contributed by atoms with Crippen LogP contribution in [0.4, 0.5) is 5.82 Å². The Bertz CT molecular complexity index is 759. The van der Waals surface area contributed by atoms with Crippen LogP contribution < -0.4 is 5.32 Å². The van der Waals surface area contributed by atoms with Crippen LogP contribution in [0.2, 0.25) is 0 Å². The van der Waals surface area contributed by atoms with Crippen LogP contribution in [0, 0.1) is 25.7 Å². The van der Waals surface area contributed by atoms with E-state index in [1.165, 1.54) is 18.4 Å². The topological polar surface area (TPSA) is 59.8 Å². The number of rotatable bonds is 7. The molecule has 1 aliphatic rings. The molecule has 2 aromatic rings. The van der Waals surface area contributed by atoms with Crippen molar-refractivity contribution in [1.82, 2.24) is 14.8 Å². The Kier molecular flexibility index (Phi) is 5.21. The molecule has 1 amide bonds. The van der Waals surface area contributed by atoms with E-state index < -0.39 is 0 Å². The molecule has 1 saturated carbocycles. The number of aromatic nitrogens is 3. The van der Waals surface area contributed by atoms with Crippen molar-refractivity contribution >= 4 is 11.7 Å². The number of anilines is 1. The Morgan fingerprint density at radius 2 is 2.12 bits per heavy atom. The summed E-state index contributed by atoms with van der Waals surface area (Å²) in [5.41, 5.74) is 4.30. The molecule has 5 nitrogen and oxygen atoms in total. The van der Waals surface area contributed by atoms with Crippen molar-refractivity contribution < 1.29 is 4.79 Å². The van der Waals surface area contributed by atoms with E-state index in [1.54, 1.807) is 6.20 Å². The molecule has 25 heavy (non-hydrogen) atoms. The molecule has 2 heterocycles. The number of nitrogens with one attached hydrogen (secondary N) is 1. The smallest absolute Gasteiger partial charge is 0.230 e. The standard InChI is InChI=1S/C20H28N4O/c1-13(2)9-17-7-8-21-19(10-17)22-20(25)11-18-14(3)23-24(15(18)4)12-16-5-6-16/h7-8,10,13,16H,5-6,9,11-12H2,1-4H3,(H,21,22,25). The van der Waals surface area contributed by atoms with E-state index in [1.807, 2.05) is 19.1 Å². The molecule has 0 aromatic carbocycles. The van der Waals surface area contributed by atoms with Gasteiger partial charge in [0, 0.05) is 24.0 Å². The first-order chi connectivity index (χ1) is 11.9. The summed E-state index contributed by atoms with van der Waals surface area (Å²) in [7, 11) is 0. The molecular weight excluding hydrogens is 312 g/mol. The van der Waals surface area contributed by atoms with Crippen molar-refractivity contribution in [2.75, 3.05) is 5.32 Å². The fraction of sp³-hybridized carbons (Fsp3) is 0.550. The molecule has 1 aliphatic carbocycles. The number of aryl methyl sites for hydroxylation is 1. The maximum Gasteiger partial charge on any atom is 0.230 e.